The molecule has 0 aliphatic rings. The van der Waals surface area contributed by atoms with Crippen LogP contribution in [0.25, 0.3) is 11.5 Å². The first kappa shape index (κ1) is 17.2. The smallest absolute Gasteiger partial charge is 0.235 e. The van der Waals surface area contributed by atoms with Crippen LogP contribution in [-0.4, -0.2) is 29.4 Å². The monoisotopic (exact) mass is 345 g/mol. The second-order valence-corrected chi connectivity index (χ2v) is 6.32. The first-order valence-corrected chi connectivity index (χ1v) is 8.33. The van der Waals surface area contributed by atoms with Gasteiger partial charge in [0.15, 0.2) is 11.5 Å². The fourth-order valence-corrected chi connectivity index (χ4v) is 3.06. The van der Waals surface area contributed by atoms with E-state index in [2.05, 4.69) is 4.98 Å². The standard InChI is InChI=1S/C18H23N3O4/c1-12(2)15-16(14-5-4-13(10-22)25-14)21(18(24)17(15)23)8-3-7-20-9-6-19-11-20/h4-6,9,11-12,22-24H,3,7-8,10H2,1-2H3. The van der Waals surface area contributed by atoms with E-state index in [1.165, 1.54) is 0 Å². The van der Waals surface area contributed by atoms with E-state index in [9.17, 15) is 15.3 Å². The highest BCUT2D eigenvalue weighted by molar-refractivity contribution is 5.68. The highest BCUT2D eigenvalue weighted by Gasteiger charge is 2.27. The predicted octanol–water partition coefficient (Wildman–Crippen LogP) is 3.06. The van der Waals surface area contributed by atoms with Crippen molar-refractivity contribution in [3.63, 3.8) is 0 Å². The lowest BCUT2D eigenvalue weighted by Gasteiger charge is -2.11. The van der Waals surface area contributed by atoms with Crippen molar-refractivity contribution in [3.8, 4) is 23.1 Å². The Balaban J connectivity index is 1.96. The summed E-state index contributed by atoms with van der Waals surface area (Å²) in [6.45, 7) is 4.95. The van der Waals surface area contributed by atoms with Crippen LogP contribution in [0.3, 0.4) is 0 Å². The van der Waals surface area contributed by atoms with E-state index < -0.39 is 0 Å². The molecule has 0 saturated carbocycles. The minimum absolute atomic E-state index is 0.00141. The summed E-state index contributed by atoms with van der Waals surface area (Å²) < 4.78 is 9.29. The van der Waals surface area contributed by atoms with Crippen LogP contribution >= 0.6 is 0 Å². The molecule has 0 atom stereocenters. The van der Waals surface area contributed by atoms with Crippen molar-refractivity contribution in [2.45, 2.75) is 45.9 Å². The minimum atomic E-state index is -0.198. The van der Waals surface area contributed by atoms with Crippen LogP contribution in [0.5, 0.6) is 11.6 Å². The third-order valence-corrected chi connectivity index (χ3v) is 4.23. The average Bonchev–Trinajstić information content (AvgIpc) is 3.30. The van der Waals surface area contributed by atoms with Gasteiger partial charge in [-0.25, -0.2) is 4.98 Å². The second kappa shape index (κ2) is 7.06. The van der Waals surface area contributed by atoms with Gasteiger partial charge >= 0.3 is 0 Å². The fraction of sp³-hybridized carbons (Fsp3) is 0.389. The molecule has 3 N–H and O–H groups in total. The van der Waals surface area contributed by atoms with Crippen molar-refractivity contribution in [2.75, 3.05) is 0 Å². The van der Waals surface area contributed by atoms with Crippen LogP contribution in [0.2, 0.25) is 0 Å². The molecule has 7 nitrogen and oxygen atoms in total. The van der Waals surface area contributed by atoms with E-state index in [-0.39, 0.29) is 24.2 Å². The lowest BCUT2D eigenvalue weighted by atomic mass is 10.0. The minimum Gasteiger partial charge on any atom is -0.503 e. The van der Waals surface area contributed by atoms with Gasteiger partial charge in [0.05, 0.1) is 12.0 Å². The third-order valence-electron chi connectivity index (χ3n) is 4.23. The Hall–Kier alpha value is -2.67. The summed E-state index contributed by atoms with van der Waals surface area (Å²) in [5.74, 6) is 0.681. The summed E-state index contributed by atoms with van der Waals surface area (Å²) in [5, 5.41) is 30.1. The van der Waals surface area contributed by atoms with Gasteiger partial charge in [0.2, 0.25) is 5.88 Å². The van der Waals surface area contributed by atoms with Crippen LogP contribution in [0.4, 0.5) is 0 Å². The molecular weight excluding hydrogens is 322 g/mol. The number of nitrogens with zero attached hydrogens (tertiary/aromatic N) is 3. The Morgan fingerprint density at radius 2 is 2.00 bits per heavy atom. The van der Waals surface area contributed by atoms with Crippen LogP contribution in [0.1, 0.15) is 37.5 Å². The maximum absolute atomic E-state index is 10.4. The number of aryl methyl sites for hydroxylation is 1. The van der Waals surface area contributed by atoms with E-state index in [1.54, 1.807) is 29.2 Å². The number of imidazole rings is 1. The molecule has 25 heavy (non-hydrogen) atoms. The number of rotatable bonds is 7. The van der Waals surface area contributed by atoms with E-state index in [4.69, 9.17) is 4.42 Å². The van der Waals surface area contributed by atoms with Crippen molar-refractivity contribution in [1.82, 2.24) is 14.1 Å². The lowest BCUT2D eigenvalue weighted by molar-refractivity contribution is 0.248. The number of furan rings is 1. The molecule has 7 heteroatoms. The lowest BCUT2D eigenvalue weighted by Crippen LogP contribution is -2.05. The number of aliphatic hydroxyl groups is 1. The van der Waals surface area contributed by atoms with E-state index in [0.717, 1.165) is 13.0 Å². The molecule has 0 radical (unpaired) electrons. The Morgan fingerprint density at radius 1 is 1.20 bits per heavy atom. The van der Waals surface area contributed by atoms with Crippen molar-refractivity contribution in [3.05, 3.63) is 42.2 Å². The zero-order chi connectivity index (χ0) is 18.0. The molecule has 0 aliphatic heterocycles. The number of aliphatic hydroxyl groups excluding tert-OH is 1. The van der Waals surface area contributed by atoms with Crippen LogP contribution in [-0.2, 0) is 19.7 Å². The summed E-state index contributed by atoms with van der Waals surface area (Å²) >= 11 is 0. The molecule has 0 aromatic carbocycles. The van der Waals surface area contributed by atoms with Crippen molar-refractivity contribution >= 4 is 0 Å². The Bertz CT molecular complexity index is 831. The van der Waals surface area contributed by atoms with Gasteiger partial charge in [-0.3, -0.25) is 0 Å². The molecular formula is C18H23N3O4. The molecule has 0 bridgehead atoms. The van der Waals surface area contributed by atoms with Gasteiger partial charge in [0.25, 0.3) is 0 Å². The molecule has 0 unspecified atom stereocenters. The molecule has 0 aliphatic carbocycles. The summed E-state index contributed by atoms with van der Waals surface area (Å²) in [6.07, 6.45) is 6.09. The quantitative estimate of drug-likeness (QED) is 0.611. The average molecular weight is 345 g/mol. The zero-order valence-electron chi connectivity index (χ0n) is 14.4. The molecule has 3 aromatic heterocycles. The molecule has 3 heterocycles. The van der Waals surface area contributed by atoms with E-state index in [1.807, 2.05) is 24.6 Å². The first-order valence-electron chi connectivity index (χ1n) is 8.33. The maximum Gasteiger partial charge on any atom is 0.235 e. The van der Waals surface area contributed by atoms with Crippen molar-refractivity contribution < 1.29 is 19.7 Å². The molecule has 0 spiro atoms. The molecule has 0 fully saturated rings. The van der Waals surface area contributed by atoms with Gasteiger partial charge in [-0.1, -0.05) is 13.8 Å². The fourth-order valence-electron chi connectivity index (χ4n) is 3.06. The van der Waals surface area contributed by atoms with Crippen LogP contribution < -0.4 is 0 Å². The zero-order valence-corrected chi connectivity index (χ0v) is 14.4. The predicted molar refractivity (Wildman–Crippen MR) is 92.3 cm³/mol. The maximum atomic E-state index is 10.4. The van der Waals surface area contributed by atoms with Crippen LogP contribution in [0.15, 0.2) is 35.3 Å². The SMILES string of the molecule is CC(C)c1c(O)c(O)n(CCCn2ccnc2)c1-c1ccc(CO)o1. The molecule has 3 aromatic rings. The molecule has 0 saturated heterocycles. The van der Waals surface area contributed by atoms with Gasteiger partial charge in [0, 0.05) is 31.0 Å². The van der Waals surface area contributed by atoms with Gasteiger partial charge in [0.1, 0.15) is 12.4 Å². The Kier molecular flexibility index (Phi) is 4.85. The largest absolute Gasteiger partial charge is 0.503 e. The highest BCUT2D eigenvalue weighted by atomic mass is 16.4. The number of aromatic nitrogens is 3. The van der Waals surface area contributed by atoms with E-state index >= 15 is 0 Å². The summed E-state index contributed by atoms with van der Waals surface area (Å²) in [4.78, 5) is 4.01. The number of hydrogen-bond donors (Lipinski definition) is 3. The van der Waals surface area contributed by atoms with Gasteiger partial charge < -0.3 is 28.9 Å². The van der Waals surface area contributed by atoms with Crippen molar-refractivity contribution in [1.29, 1.82) is 0 Å². The molecule has 3 rings (SSSR count). The Morgan fingerprint density at radius 3 is 2.60 bits per heavy atom. The summed E-state index contributed by atoms with van der Waals surface area (Å²) in [6, 6.07) is 3.44. The summed E-state index contributed by atoms with van der Waals surface area (Å²) in [5.41, 5.74) is 1.29. The topological polar surface area (TPSA) is 96.6 Å². The second-order valence-electron chi connectivity index (χ2n) is 6.32. The number of aromatic hydroxyl groups is 2. The molecule has 0 amide bonds. The Labute approximate surface area is 145 Å². The highest BCUT2D eigenvalue weighted by Crippen LogP contribution is 2.45. The van der Waals surface area contributed by atoms with Gasteiger partial charge in [-0.15, -0.1) is 0 Å². The van der Waals surface area contributed by atoms with Crippen LogP contribution in [0, 0.1) is 0 Å². The van der Waals surface area contributed by atoms with Gasteiger partial charge in [-0.05, 0) is 24.5 Å². The third kappa shape index (κ3) is 3.28. The van der Waals surface area contributed by atoms with E-state index in [0.29, 0.717) is 29.3 Å². The normalized spacial score (nSPS) is 11.5. The van der Waals surface area contributed by atoms with Gasteiger partial charge in [-0.2, -0.15) is 0 Å². The number of hydrogen-bond acceptors (Lipinski definition) is 5. The van der Waals surface area contributed by atoms with Crippen molar-refractivity contribution in [2.24, 2.45) is 0 Å². The summed E-state index contributed by atoms with van der Waals surface area (Å²) in [7, 11) is 0. The first-order chi connectivity index (χ1) is 12.0. The molecule has 134 valence electrons.